The van der Waals surface area contributed by atoms with Gasteiger partial charge >= 0.3 is 5.97 Å². The van der Waals surface area contributed by atoms with E-state index in [2.05, 4.69) is 27.7 Å². The van der Waals surface area contributed by atoms with Gasteiger partial charge in [-0.3, -0.25) is 4.79 Å². The Balaban J connectivity index is 1.89. The molecule has 0 aliphatic heterocycles. The van der Waals surface area contributed by atoms with Crippen LogP contribution in [0.3, 0.4) is 0 Å². The zero-order valence-corrected chi connectivity index (χ0v) is 16.5. The minimum atomic E-state index is -0.129. The lowest BCUT2D eigenvalue weighted by atomic mass is 9.47. The number of hydrogen-bond donors (Lipinski definition) is 0. The van der Waals surface area contributed by atoms with Gasteiger partial charge in [0.05, 0.1) is 6.61 Å². The first-order valence-corrected chi connectivity index (χ1v) is 10.1. The zero-order chi connectivity index (χ0) is 17.6. The molecule has 4 unspecified atom stereocenters. The van der Waals surface area contributed by atoms with Crippen LogP contribution >= 0.6 is 0 Å². The number of fused-ring (bicyclic) bond motifs is 2. The maximum absolute atomic E-state index is 11.4. The second kappa shape index (κ2) is 6.18. The molecule has 2 nitrogen and oxygen atoms in total. The molecule has 0 aromatic heterocycles. The average Bonchev–Trinajstić information content (AvgIpc) is 2.52. The Morgan fingerprint density at radius 1 is 1.17 bits per heavy atom. The van der Waals surface area contributed by atoms with E-state index in [0.717, 1.165) is 0 Å². The third kappa shape index (κ3) is 2.95. The highest BCUT2D eigenvalue weighted by molar-refractivity contribution is 5.65. The van der Waals surface area contributed by atoms with Gasteiger partial charge in [-0.05, 0) is 61.7 Å². The first-order valence-electron chi connectivity index (χ1n) is 10.1. The summed E-state index contributed by atoms with van der Waals surface area (Å²) in [6.45, 7) is 11.9. The first-order chi connectivity index (χ1) is 11.2. The highest BCUT2D eigenvalue weighted by Crippen LogP contribution is 2.63. The quantitative estimate of drug-likeness (QED) is 0.464. The third-order valence-corrected chi connectivity index (χ3v) is 7.98. The summed E-state index contributed by atoms with van der Waals surface area (Å²) in [5.41, 5.74) is 4.62. The molecule has 2 heteroatoms. The van der Waals surface area contributed by atoms with Crippen LogP contribution in [0.15, 0.2) is 11.1 Å². The number of carbonyl (C=O) groups excluding carboxylic acids is 1. The van der Waals surface area contributed by atoms with Crippen LogP contribution in [0.2, 0.25) is 0 Å². The van der Waals surface area contributed by atoms with Crippen molar-refractivity contribution in [3.63, 3.8) is 0 Å². The lowest BCUT2D eigenvalue weighted by Crippen LogP contribution is -2.50. The molecular formula is C22H36O2. The summed E-state index contributed by atoms with van der Waals surface area (Å²) in [7, 11) is 0. The summed E-state index contributed by atoms with van der Waals surface area (Å²) in [5, 5.41) is 0. The summed E-state index contributed by atoms with van der Waals surface area (Å²) in [6.07, 6.45) is 11.6. The van der Waals surface area contributed by atoms with E-state index in [9.17, 15) is 4.79 Å². The predicted octanol–water partition coefficient (Wildman–Crippen LogP) is 6.05. The zero-order valence-electron chi connectivity index (χ0n) is 16.5. The van der Waals surface area contributed by atoms with Crippen molar-refractivity contribution in [1.29, 1.82) is 0 Å². The molecular weight excluding hydrogens is 296 g/mol. The van der Waals surface area contributed by atoms with Crippen molar-refractivity contribution in [1.82, 2.24) is 0 Å². The van der Waals surface area contributed by atoms with Gasteiger partial charge in [0.25, 0.3) is 0 Å². The second-order valence-electron chi connectivity index (χ2n) is 9.72. The van der Waals surface area contributed by atoms with Gasteiger partial charge in [-0.1, -0.05) is 51.7 Å². The molecule has 0 aromatic carbocycles. The Bertz CT molecular complexity index is 548. The molecule has 0 spiro atoms. The van der Waals surface area contributed by atoms with Crippen LogP contribution in [0.4, 0.5) is 0 Å². The second-order valence-corrected chi connectivity index (χ2v) is 9.72. The Labute approximate surface area is 148 Å². The number of allylic oxidation sites excluding steroid dienone is 2. The number of ether oxygens (including phenoxy) is 1. The average molecular weight is 333 g/mol. The molecule has 0 heterocycles. The van der Waals surface area contributed by atoms with Crippen LogP contribution in [0.5, 0.6) is 0 Å². The molecule has 3 aliphatic rings. The molecule has 24 heavy (non-hydrogen) atoms. The maximum atomic E-state index is 11.4. The smallest absolute Gasteiger partial charge is 0.302 e. The fraction of sp³-hybridized carbons (Fsp3) is 0.864. The van der Waals surface area contributed by atoms with Gasteiger partial charge < -0.3 is 4.74 Å². The summed E-state index contributed by atoms with van der Waals surface area (Å²) in [5.74, 6) is 0.540. The van der Waals surface area contributed by atoms with E-state index >= 15 is 0 Å². The van der Waals surface area contributed by atoms with Crippen molar-refractivity contribution < 1.29 is 9.53 Å². The molecule has 0 radical (unpaired) electrons. The van der Waals surface area contributed by atoms with Gasteiger partial charge in [-0.2, -0.15) is 0 Å². The fourth-order valence-corrected chi connectivity index (χ4v) is 6.31. The Morgan fingerprint density at radius 3 is 2.58 bits per heavy atom. The number of carbonyl (C=O) groups is 1. The first kappa shape index (κ1) is 18.0. The molecule has 0 N–H and O–H groups in total. The van der Waals surface area contributed by atoms with Gasteiger partial charge in [-0.15, -0.1) is 0 Å². The minimum Gasteiger partial charge on any atom is -0.465 e. The standard InChI is InChI=1S/C22H36O2/c1-6-20(3)13-10-18-17(14-20)8-9-19-21(4,15-24-16(2)23)11-7-12-22(18,19)5/h19H,6-15H2,1-5H3. The molecule has 0 bridgehead atoms. The number of hydrogen-bond acceptors (Lipinski definition) is 2. The Hall–Kier alpha value is -0.790. The number of esters is 1. The van der Waals surface area contributed by atoms with Crippen molar-refractivity contribution in [3.8, 4) is 0 Å². The molecule has 0 amide bonds. The topological polar surface area (TPSA) is 26.3 Å². The molecule has 1 fully saturated rings. The van der Waals surface area contributed by atoms with Crippen LogP contribution < -0.4 is 0 Å². The van der Waals surface area contributed by atoms with Crippen molar-refractivity contribution in [2.45, 2.75) is 92.4 Å². The highest BCUT2D eigenvalue weighted by atomic mass is 16.5. The van der Waals surface area contributed by atoms with E-state index in [1.54, 1.807) is 18.1 Å². The molecule has 4 atom stereocenters. The van der Waals surface area contributed by atoms with Crippen molar-refractivity contribution in [2.75, 3.05) is 6.61 Å². The van der Waals surface area contributed by atoms with Crippen LogP contribution in [0.1, 0.15) is 92.4 Å². The van der Waals surface area contributed by atoms with Gasteiger partial charge in [0, 0.05) is 12.3 Å². The van der Waals surface area contributed by atoms with Crippen LogP contribution in [-0.4, -0.2) is 12.6 Å². The summed E-state index contributed by atoms with van der Waals surface area (Å²) in [4.78, 5) is 11.4. The van der Waals surface area contributed by atoms with Crippen LogP contribution in [-0.2, 0) is 9.53 Å². The van der Waals surface area contributed by atoms with E-state index in [4.69, 9.17) is 4.74 Å². The molecule has 136 valence electrons. The Morgan fingerprint density at radius 2 is 1.92 bits per heavy atom. The van der Waals surface area contributed by atoms with Crippen molar-refractivity contribution in [3.05, 3.63) is 11.1 Å². The summed E-state index contributed by atoms with van der Waals surface area (Å²) < 4.78 is 5.51. The van der Waals surface area contributed by atoms with Crippen molar-refractivity contribution in [2.24, 2.45) is 22.2 Å². The van der Waals surface area contributed by atoms with Gasteiger partial charge in [0.15, 0.2) is 0 Å². The van der Waals surface area contributed by atoms with E-state index in [1.165, 1.54) is 57.8 Å². The van der Waals surface area contributed by atoms with Crippen LogP contribution in [0.25, 0.3) is 0 Å². The predicted molar refractivity (Wildman–Crippen MR) is 98.7 cm³/mol. The van der Waals surface area contributed by atoms with Gasteiger partial charge in [-0.25, -0.2) is 0 Å². The third-order valence-electron chi connectivity index (χ3n) is 7.98. The van der Waals surface area contributed by atoms with Gasteiger partial charge in [0.1, 0.15) is 0 Å². The monoisotopic (exact) mass is 332 g/mol. The maximum Gasteiger partial charge on any atom is 0.302 e. The van der Waals surface area contributed by atoms with E-state index in [0.29, 0.717) is 23.4 Å². The molecule has 3 aliphatic carbocycles. The molecule has 0 aromatic rings. The lowest BCUT2D eigenvalue weighted by Gasteiger charge is -2.58. The van der Waals surface area contributed by atoms with E-state index < -0.39 is 0 Å². The minimum absolute atomic E-state index is 0.129. The van der Waals surface area contributed by atoms with Crippen molar-refractivity contribution >= 4 is 5.97 Å². The normalized spacial score (nSPS) is 42.3. The Kier molecular flexibility index (Phi) is 4.64. The fourth-order valence-electron chi connectivity index (χ4n) is 6.31. The summed E-state index contributed by atoms with van der Waals surface area (Å²) in [6, 6.07) is 0. The SMILES string of the molecule is CCC1(C)CCC2=C(CCC3C(C)(COC(C)=O)CCCC23C)C1. The molecule has 3 rings (SSSR count). The lowest BCUT2D eigenvalue weighted by molar-refractivity contribution is -0.149. The molecule has 1 saturated carbocycles. The van der Waals surface area contributed by atoms with Gasteiger partial charge in [0.2, 0.25) is 0 Å². The summed E-state index contributed by atoms with van der Waals surface area (Å²) >= 11 is 0. The molecule has 0 saturated heterocycles. The van der Waals surface area contributed by atoms with Crippen LogP contribution in [0, 0.1) is 22.2 Å². The highest BCUT2D eigenvalue weighted by Gasteiger charge is 2.53. The number of rotatable bonds is 3. The van der Waals surface area contributed by atoms with E-state index in [-0.39, 0.29) is 11.4 Å². The largest absolute Gasteiger partial charge is 0.465 e. The van der Waals surface area contributed by atoms with E-state index in [1.807, 2.05) is 0 Å².